The van der Waals surface area contributed by atoms with Gasteiger partial charge in [0, 0.05) is 6.04 Å². The van der Waals surface area contributed by atoms with E-state index in [2.05, 4.69) is 25.7 Å². The highest BCUT2D eigenvalue weighted by Crippen LogP contribution is 2.10. The van der Waals surface area contributed by atoms with E-state index in [1.165, 1.54) is 0 Å². The van der Waals surface area contributed by atoms with Crippen LogP contribution in [-0.4, -0.2) is 36.7 Å². The fraction of sp³-hybridized carbons (Fsp3) is 0.909. The van der Waals surface area contributed by atoms with Crippen molar-refractivity contribution in [3.8, 4) is 0 Å². The molecule has 0 aromatic heterocycles. The largest absolute Gasteiger partial charge is 0.450 e. The van der Waals surface area contributed by atoms with E-state index in [0.717, 1.165) is 32.4 Å². The lowest BCUT2D eigenvalue weighted by atomic mass is 10.1. The molecule has 0 aliphatic rings. The third kappa shape index (κ3) is 6.33. The molecule has 0 aliphatic carbocycles. The zero-order valence-corrected chi connectivity index (χ0v) is 10.2. The summed E-state index contributed by atoms with van der Waals surface area (Å²) in [5.41, 5.74) is 4.92. The number of amides is 1. The SMILES string of the molecule is CCCC(CCOC(N)=O)N(CC)CC. The van der Waals surface area contributed by atoms with E-state index in [1.807, 2.05) is 0 Å². The molecule has 0 heterocycles. The van der Waals surface area contributed by atoms with Gasteiger partial charge in [-0.3, -0.25) is 0 Å². The normalized spacial score (nSPS) is 12.8. The van der Waals surface area contributed by atoms with Crippen molar-refractivity contribution in [3.05, 3.63) is 0 Å². The molecule has 0 saturated heterocycles. The summed E-state index contributed by atoms with van der Waals surface area (Å²) in [6.07, 6.45) is 2.49. The Morgan fingerprint density at radius 3 is 2.27 bits per heavy atom. The van der Waals surface area contributed by atoms with E-state index in [9.17, 15) is 4.79 Å². The van der Waals surface area contributed by atoms with Crippen LogP contribution in [0.3, 0.4) is 0 Å². The Morgan fingerprint density at radius 2 is 1.87 bits per heavy atom. The highest BCUT2D eigenvalue weighted by molar-refractivity contribution is 5.64. The van der Waals surface area contributed by atoms with Crippen LogP contribution >= 0.6 is 0 Å². The standard InChI is InChI=1S/C11H24N2O2/c1-4-7-10(13(5-2)6-3)8-9-15-11(12)14/h10H,4-9H2,1-3H3,(H2,12,14). The smallest absolute Gasteiger partial charge is 0.404 e. The number of primary amides is 1. The van der Waals surface area contributed by atoms with Crippen molar-refractivity contribution in [3.63, 3.8) is 0 Å². The summed E-state index contributed by atoms with van der Waals surface area (Å²) in [6, 6.07) is 0.504. The number of hydrogen-bond acceptors (Lipinski definition) is 3. The molecule has 1 amide bonds. The molecule has 1 unspecified atom stereocenters. The van der Waals surface area contributed by atoms with Gasteiger partial charge in [0.2, 0.25) is 0 Å². The molecule has 0 aromatic carbocycles. The molecule has 0 radical (unpaired) electrons. The fourth-order valence-corrected chi connectivity index (χ4v) is 1.88. The molecular formula is C11H24N2O2. The summed E-state index contributed by atoms with van der Waals surface area (Å²) in [5, 5.41) is 0. The molecule has 0 fully saturated rings. The van der Waals surface area contributed by atoms with Crippen molar-refractivity contribution in [1.29, 1.82) is 0 Å². The lowest BCUT2D eigenvalue weighted by molar-refractivity contribution is 0.127. The highest BCUT2D eigenvalue weighted by atomic mass is 16.5. The highest BCUT2D eigenvalue weighted by Gasteiger charge is 2.14. The minimum Gasteiger partial charge on any atom is -0.450 e. The van der Waals surface area contributed by atoms with Gasteiger partial charge in [-0.25, -0.2) is 4.79 Å². The Morgan fingerprint density at radius 1 is 1.27 bits per heavy atom. The number of carbonyl (C=O) groups is 1. The maximum Gasteiger partial charge on any atom is 0.404 e. The van der Waals surface area contributed by atoms with Crippen LogP contribution in [0.2, 0.25) is 0 Å². The molecule has 0 bridgehead atoms. The van der Waals surface area contributed by atoms with Crippen LogP contribution in [0.5, 0.6) is 0 Å². The van der Waals surface area contributed by atoms with Gasteiger partial charge in [0.05, 0.1) is 6.61 Å². The first kappa shape index (κ1) is 14.2. The van der Waals surface area contributed by atoms with E-state index >= 15 is 0 Å². The first-order valence-electron chi connectivity index (χ1n) is 5.81. The number of carbonyl (C=O) groups excluding carboxylic acids is 1. The first-order chi connectivity index (χ1) is 7.15. The van der Waals surface area contributed by atoms with Crippen LogP contribution in [0, 0.1) is 0 Å². The van der Waals surface area contributed by atoms with E-state index in [-0.39, 0.29) is 0 Å². The molecular weight excluding hydrogens is 192 g/mol. The van der Waals surface area contributed by atoms with Gasteiger partial charge >= 0.3 is 6.09 Å². The Kier molecular flexibility index (Phi) is 8.09. The van der Waals surface area contributed by atoms with Crippen molar-refractivity contribution in [2.45, 2.75) is 46.1 Å². The van der Waals surface area contributed by atoms with E-state index in [4.69, 9.17) is 10.5 Å². The molecule has 90 valence electrons. The van der Waals surface area contributed by atoms with Crippen LogP contribution in [0.1, 0.15) is 40.0 Å². The number of nitrogens with two attached hydrogens (primary N) is 1. The molecule has 1 atom stereocenters. The quantitative estimate of drug-likeness (QED) is 0.675. The summed E-state index contributed by atoms with van der Waals surface area (Å²) in [7, 11) is 0. The fourth-order valence-electron chi connectivity index (χ4n) is 1.88. The van der Waals surface area contributed by atoms with Crippen molar-refractivity contribution >= 4 is 6.09 Å². The van der Waals surface area contributed by atoms with E-state index in [1.54, 1.807) is 0 Å². The number of rotatable bonds is 8. The third-order valence-corrected chi connectivity index (χ3v) is 2.65. The maximum atomic E-state index is 10.4. The Labute approximate surface area is 92.8 Å². The molecule has 0 aromatic rings. The molecule has 2 N–H and O–H groups in total. The van der Waals surface area contributed by atoms with Crippen molar-refractivity contribution in [2.75, 3.05) is 19.7 Å². The molecule has 4 heteroatoms. The molecule has 0 aliphatic heterocycles. The van der Waals surface area contributed by atoms with Gasteiger partial charge in [0.1, 0.15) is 0 Å². The number of ether oxygens (including phenoxy) is 1. The summed E-state index contributed by atoms with van der Waals surface area (Å²) >= 11 is 0. The second kappa shape index (κ2) is 8.53. The topological polar surface area (TPSA) is 55.6 Å². The lowest BCUT2D eigenvalue weighted by Gasteiger charge is -2.29. The zero-order chi connectivity index (χ0) is 11.7. The lowest BCUT2D eigenvalue weighted by Crippen LogP contribution is -2.36. The Hall–Kier alpha value is -0.770. The summed E-state index contributed by atoms with van der Waals surface area (Å²) in [4.78, 5) is 12.8. The minimum absolute atomic E-state index is 0.427. The van der Waals surface area contributed by atoms with Gasteiger partial charge < -0.3 is 15.4 Å². The Balaban J connectivity index is 3.96. The van der Waals surface area contributed by atoms with Gasteiger partial charge in [-0.05, 0) is 25.9 Å². The average Bonchev–Trinajstić information content (AvgIpc) is 2.19. The minimum atomic E-state index is -0.676. The second-order valence-electron chi connectivity index (χ2n) is 3.62. The van der Waals surface area contributed by atoms with Crippen molar-refractivity contribution in [1.82, 2.24) is 4.90 Å². The van der Waals surface area contributed by atoms with Gasteiger partial charge in [-0.2, -0.15) is 0 Å². The summed E-state index contributed by atoms with van der Waals surface area (Å²) in [6.45, 7) is 8.99. The van der Waals surface area contributed by atoms with Crippen LogP contribution in [-0.2, 0) is 4.74 Å². The number of hydrogen-bond donors (Lipinski definition) is 1. The molecule has 0 saturated carbocycles. The van der Waals surface area contributed by atoms with Crippen molar-refractivity contribution in [2.24, 2.45) is 5.73 Å². The maximum absolute atomic E-state index is 10.4. The van der Waals surface area contributed by atoms with E-state index < -0.39 is 6.09 Å². The van der Waals surface area contributed by atoms with Gasteiger partial charge in [0.25, 0.3) is 0 Å². The van der Waals surface area contributed by atoms with Gasteiger partial charge in [-0.15, -0.1) is 0 Å². The Bertz CT molecular complexity index is 170. The molecule has 15 heavy (non-hydrogen) atoms. The van der Waals surface area contributed by atoms with Gasteiger partial charge in [0.15, 0.2) is 0 Å². The zero-order valence-electron chi connectivity index (χ0n) is 10.2. The number of nitrogens with zero attached hydrogens (tertiary/aromatic N) is 1. The van der Waals surface area contributed by atoms with E-state index in [0.29, 0.717) is 12.6 Å². The van der Waals surface area contributed by atoms with Crippen molar-refractivity contribution < 1.29 is 9.53 Å². The summed E-state index contributed by atoms with van der Waals surface area (Å²) in [5.74, 6) is 0. The van der Waals surface area contributed by atoms with Gasteiger partial charge in [-0.1, -0.05) is 27.2 Å². The molecule has 0 spiro atoms. The van der Waals surface area contributed by atoms with Crippen LogP contribution in [0.4, 0.5) is 4.79 Å². The third-order valence-electron chi connectivity index (χ3n) is 2.65. The van der Waals surface area contributed by atoms with Crippen LogP contribution in [0.25, 0.3) is 0 Å². The predicted octanol–water partition coefficient (Wildman–Crippen LogP) is 1.98. The summed E-state index contributed by atoms with van der Waals surface area (Å²) < 4.78 is 4.77. The second-order valence-corrected chi connectivity index (χ2v) is 3.62. The van der Waals surface area contributed by atoms with Crippen LogP contribution in [0.15, 0.2) is 0 Å². The molecule has 0 rings (SSSR count). The first-order valence-corrected chi connectivity index (χ1v) is 5.81. The molecule has 4 nitrogen and oxygen atoms in total. The monoisotopic (exact) mass is 216 g/mol. The average molecular weight is 216 g/mol. The predicted molar refractivity (Wildman–Crippen MR) is 61.8 cm³/mol. The van der Waals surface area contributed by atoms with Crippen LogP contribution < -0.4 is 5.73 Å².